The van der Waals surface area contributed by atoms with Crippen LogP contribution in [0, 0.1) is 0 Å². The molecule has 1 aromatic rings. The second kappa shape index (κ2) is 6.31. The summed E-state index contributed by atoms with van der Waals surface area (Å²) in [5, 5.41) is 0. The number of fused-ring (bicyclic) bond motifs is 1. The van der Waals surface area contributed by atoms with Gasteiger partial charge in [-0.25, -0.2) is 4.79 Å². The number of hydrogen-bond donors (Lipinski definition) is 0. The van der Waals surface area contributed by atoms with Crippen LogP contribution in [-0.2, 0) is 16.6 Å². The zero-order valence-electron chi connectivity index (χ0n) is 14.6. The Morgan fingerprint density at radius 3 is 2.64 bits per heavy atom. The van der Waals surface area contributed by atoms with Crippen molar-refractivity contribution in [2.24, 2.45) is 0 Å². The van der Waals surface area contributed by atoms with E-state index in [9.17, 15) is 4.79 Å². The Kier molecular flexibility index (Phi) is 4.84. The average molecular weight is 303 g/mol. The fraction of sp³-hybridized carbons (Fsp3) is 0.632. The summed E-state index contributed by atoms with van der Waals surface area (Å²) in [7, 11) is 1.85. The van der Waals surface area contributed by atoms with E-state index in [2.05, 4.69) is 31.2 Å². The van der Waals surface area contributed by atoms with Crippen molar-refractivity contribution in [1.82, 2.24) is 4.90 Å². The topological polar surface area (TPSA) is 29.5 Å². The van der Waals surface area contributed by atoms with Crippen LogP contribution in [-0.4, -0.2) is 30.2 Å². The van der Waals surface area contributed by atoms with Crippen LogP contribution >= 0.6 is 0 Å². The first-order chi connectivity index (χ1) is 10.3. The number of ether oxygens (including phenoxy) is 1. The van der Waals surface area contributed by atoms with Crippen molar-refractivity contribution in [3.63, 3.8) is 0 Å². The quantitative estimate of drug-likeness (QED) is 0.817. The Bertz CT molecular complexity index is 528. The van der Waals surface area contributed by atoms with Crippen molar-refractivity contribution in [2.75, 3.05) is 13.6 Å². The second-order valence-corrected chi connectivity index (χ2v) is 7.52. The standard InChI is InChI=1S/C19H29NO2/c1-6-12-19(13-11-15-9-7-8-10-16(15)19)14-20(5)17(21)22-18(2,3)4/h7-10H,6,11-14H2,1-5H3. The van der Waals surface area contributed by atoms with Gasteiger partial charge in [-0.2, -0.15) is 0 Å². The molecule has 0 fully saturated rings. The van der Waals surface area contributed by atoms with Gasteiger partial charge in [0.15, 0.2) is 0 Å². The van der Waals surface area contributed by atoms with E-state index in [1.54, 1.807) is 4.90 Å². The molecule has 0 saturated heterocycles. The highest BCUT2D eigenvalue weighted by atomic mass is 16.6. The molecule has 0 bridgehead atoms. The fourth-order valence-electron chi connectivity index (χ4n) is 3.60. The van der Waals surface area contributed by atoms with Gasteiger partial charge < -0.3 is 9.64 Å². The molecule has 0 aromatic heterocycles. The second-order valence-electron chi connectivity index (χ2n) is 7.52. The number of benzene rings is 1. The van der Waals surface area contributed by atoms with Crippen LogP contribution in [0.25, 0.3) is 0 Å². The van der Waals surface area contributed by atoms with Gasteiger partial charge >= 0.3 is 6.09 Å². The monoisotopic (exact) mass is 303 g/mol. The predicted molar refractivity (Wildman–Crippen MR) is 90.2 cm³/mol. The third-order valence-corrected chi connectivity index (χ3v) is 4.44. The van der Waals surface area contributed by atoms with Gasteiger partial charge in [0, 0.05) is 19.0 Å². The van der Waals surface area contributed by atoms with Crippen molar-refractivity contribution < 1.29 is 9.53 Å². The largest absolute Gasteiger partial charge is 0.444 e. The maximum Gasteiger partial charge on any atom is 0.410 e. The van der Waals surface area contributed by atoms with E-state index < -0.39 is 5.60 Å². The van der Waals surface area contributed by atoms with Crippen molar-refractivity contribution in [1.29, 1.82) is 0 Å². The normalized spacial score (nSPS) is 20.6. The zero-order valence-corrected chi connectivity index (χ0v) is 14.6. The van der Waals surface area contributed by atoms with Gasteiger partial charge in [-0.1, -0.05) is 37.6 Å². The van der Waals surface area contributed by atoms with Gasteiger partial charge in [0.05, 0.1) is 0 Å². The molecule has 1 aliphatic carbocycles. The van der Waals surface area contributed by atoms with E-state index >= 15 is 0 Å². The molecule has 0 radical (unpaired) electrons. The molecule has 2 rings (SSSR count). The van der Waals surface area contributed by atoms with Crippen molar-refractivity contribution in [3.05, 3.63) is 35.4 Å². The van der Waals surface area contributed by atoms with E-state index in [1.165, 1.54) is 11.1 Å². The van der Waals surface area contributed by atoms with Crippen molar-refractivity contribution in [3.8, 4) is 0 Å². The summed E-state index contributed by atoms with van der Waals surface area (Å²) in [5.74, 6) is 0. The number of likely N-dealkylation sites (N-methyl/N-ethyl adjacent to an activating group) is 1. The maximum absolute atomic E-state index is 12.3. The summed E-state index contributed by atoms with van der Waals surface area (Å²) in [5.41, 5.74) is 2.49. The van der Waals surface area contributed by atoms with Gasteiger partial charge in [-0.3, -0.25) is 0 Å². The number of hydrogen-bond acceptors (Lipinski definition) is 2. The smallest absolute Gasteiger partial charge is 0.410 e. The highest BCUT2D eigenvalue weighted by molar-refractivity contribution is 5.68. The lowest BCUT2D eigenvalue weighted by Crippen LogP contribution is -2.43. The summed E-state index contributed by atoms with van der Waals surface area (Å²) in [6.07, 6.45) is 4.23. The Labute approximate surface area is 134 Å². The molecular formula is C19H29NO2. The van der Waals surface area contributed by atoms with Crippen molar-refractivity contribution in [2.45, 2.75) is 64.4 Å². The molecule has 0 N–H and O–H groups in total. The van der Waals surface area contributed by atoms with Crippen molar-refractivity contribution >= 4 is 6.09 Å². The first kappa shape index (κ1) is 16.9. The van der Waals surface area contributed by atoms with Crippen LogP contribution in [0.4, 0.5) is 4.79 Å². The first-order valence-electron chi connectivity index (χ1n) is 8.30. The van der Waals surface area contributed by atoms with Gasteiger partial charge in [0.25, 0.3) is 0 Å². The lowest BCUT2D eigenvalue weighted by molar-refractivity contribution is 0.0254. The molecule has 122 valence electrons. The van der Waals surface area contributed by atoms with Crippen LogP contribution in [0.5, 0.6) is 0 Å². The number of nitrogens with zero attached hydrogens (tertiary/aromatic N) is 1. The van der Waals surface area contributed by atoms with E-state index in [1.807, 2.05) is 27.8 Å². The summed E-state index contributed by atoms with van der Waals surface area (Å²) >= 11 is 0. The van der Waals surface area contributed by atoms with E-state index in [0.29, 0.717) is 0 Å². The molecule has 1 aliphatic rings. The van der Waals surface area contributed by atoms with E-state index in [-0.39, 0.29) is 11.5 Å². The molecular weight excluding hydrogens is 274 g/mol. The third kappa shape index (κ3) is 3.63. The SMILES string of the molecule is CCCC1(CN(C)C(=O)OC(C)(C)C)CCc2ccccc21. The molecule has 3 heteroatoms. The Morgan fingerprint density at radius 1 is 1.32 bits per heavy atom. The Balaban J connectivity index is 2.19. The molecule has 3 nitrogen and oxygen atoms in total. The fourth-order valence-corrected chi connectivity index (χ4v) is 3.60. The average Bonchev–Trinajstić information content (AvgIpc) is 2.77. The molecule has 22 heavy (non-hydrogen) atoms. The Morgan fingerprint density at radius 2 is 2.00 bits per heavy atom. The Hall–Kier alpha value is -1.51. The highest BCUT2D eigenvalue weighted by Gasteiger charge is 2.39. The molecule has 0 aliphatic heterocycles. The van der Waals surface area contributed by atoms with Crippen LogP contribution in [0.15, 0.2) is 24.3 Å². The van der Waals surface area contributed by atoms with Gasteiger partial charge in [-0.05, 0) is 51.2 Å². The number of rotatable bonds is 4. The molecule has 1 amide bonds. The minimum atomic E-state index is -0.448. The number of carbonyl (C=O) groups is 1. The molecule has 0 saturated carbocycles. The number of aryl methyl sites for hydroxylation is 1. The van der Waals surface area contributed by atoms with E-state index in [0.717, 1.165) is 32.2 Å². The summed E-state index contributed by atoms with van der Waals surface area (Å²) < 4.78 is 5.51. The molecule has 1 aromatic carbocycles. The lowest BCUT2D eigenvalue weighted by atomic mass is 9.77. The predicted octanol–water partition coefficient (Wildman–Crippen LogP) is 4.54. The summed E-state index contributed by atoms with van der Waals surface area (Å²) in [6, 6.07) is 8.68. The molecule has 1 unspecified atom stereocenters. The van der Waals surface area contributed by atoms with Gasteiger partial charge in [0.2, 0.25) is 0 Å². The molecule has 0 heterocycles. The van der Waals surface area contributed by atoms with Gasteiger partial charge in [0.1, 0.15) is 5.60 Å². The molecule has 0 spiro atoms. The van der Waals surface area contributed by atoms with E-state index in [4.69, 9.17) is 4.74 Å². The van der Waals surface area contributed by atoms with Gasteiger partial charge in [-0.15, -0.1) is 0 Å². The lowest BCUT2D eigenvalue weighted by Gasteiger charge is -2.35. The number of carbonyl (C=O) groups excluding carboxylic acids is 1. The highest BCUT2D eigenvalue weighted by Crippen LogP contribution is 2.43. The minimum absolute atomic E-state index is 0.0804. The zero-order chi connectivity index (χ0) is 16.4. The number of amides is 1. The maximum atomic E-state index is 12.3. The minimum Gasteiger partial charge on any atom is -0.444 e. The van der Waals surface area contributed by atoms with Crippen LogP contribution in [0.1, 0.15) is 58.1 Å². The third-order valence-electron chi connectivity index (χ3n) is 4.44. The summed E-state index contributed by atoms with van der Waals surface area (Å²) in [4.78, 5) is 14.1. The first-order valence-corrected chi connectivity index (χ1v) is 8.30. The van der Waals surface area contributed by atoms with Crippen LogP contribution in [0.3, 0.4) is 0 Å². The van der Waals surface area contributed by atoms with Crippen LogP contribution < -0.4 is 0 Å². The summed E-state index contributed by atoms with van der Waals surface area (Å²) in [6.45, 7) is 8.67. The molecule has 1 atom stereocenters. The van der Waals surface area contributed by atoms with Crippen LogP contribution in [0.2, 0.25) is 0 Å².